The molecule has 3 aromatic rings. The second-order valence-electron chi connectivity index (χ2n) is 9.90. The van der Waals surface area contributed by atoms with Gasteiger partial charge in [-0.15, -0.1) is 13.2 Å². The second-order valence-corrected chi connectivity index (χ2v) is 9.90. The zero-order valence-corrected chi connectivity index (χ0v) is 20.2. The zero-order chi connectivity index (χ0) is 25.6. The molecule has 1 saturated carbocycles. The number of likely N-dealkylation sites (tertiary alicyclic amines) is 2. The van der Waals surface area contributed by atoms with Crippen LogP contribution in [0.25, 0.3) is 22.9 Å². The lowest BCUT2D eigenvalue weighted by Crippen LogP contribution is -2.46. The van der Waals surface area contributed by atoms with Gasteiger partial charge in [-0.1, -0.05) is 0 Å². The fourth-order valence-electron chi connectivity index (χ4n) is 5.50. The summed E-state index contributed by atoms with van der Waals surface area (Å²) in [5.74, 6) is 0.402. The normalized spacial score (nSPS) is 19.5. The molecule has 0 radical (unpaired) electrons. The third-order valence-electron chi connectivity index (χ3n) is 7.41. The van der Waals surface area contributed by atoms with Crippen LogP contribution in [0.4, 0.5) is 13.2 Å². The van der Waals surface area contributed by atoms with Crippen LogP contribution in [0.2, 0.25) is 0 Å². The van der Waals surface area contributed by atoms with Crippen molar-refractivity contribution in [2.45, 2.75) is 57.0 Å². The SMILES string of the molecule is O=C(c1c(-c2nc[nH]n2)nc(-c2ccc(OC(F)(F)F)cc2)n1C1CC1)N1CCC(N2CCCC2)CC1. The average molecular weight is 516 g/mol. The van der Waals surface area contributed by atoms with Crippen molar-refractivity contribution in [3.8, 4) is 28.7 Å². The molecule has 2 saturated heterocycles. The van der Waals surface area contributed by atoms with Crippen LogP contribution in [0.1, 0.15) is 55.1 Å². The van der Waals surface area contributed by atoms with Crippen LogP contribution < -0.4 is 4.74 Å². The maximum absolute atomic E-state index is 14.0. The Hall–Kier alpha value is -3.41. The number of carbonyl (C=O) groups is 1. The number of benzene rings is 1. The molecule has 196 valence electrons. The summed E-state index contributed by atoms with van der Waals surface area (Å²) in [4.78, 5) is 27.5. The van der Waals surface area contributed by atoms with E-state index in [2.05, 4.69) is 24.8 Å². The van der Waals surface area contributed by atoms with E-state index in [0.29, 0.717) is 47.7 Å². The minimum Gasteiger partial charge on any atom is -0.406 e. The number of imidazole rings is 1. The molecule has 3 fully saturated rings. The van der Waals surface area contributed by atoms with Gasteiger partial charge in [-0.25, -0.2) is 9.97 Å². The van der Waals surface area contributed by atoms with E-state index in [4.69, 9.17) is 4.98 Å². The third-order valence-corrected chi connectivity index (χ3v) is 7.41. The van der Waals surface area contributed by atoms with Crippen LogP contribution in [0.5, 0.6) is 5.75 Å². The quantitative estimate of drug-likeness (QED) is 0.527. The number of aromatic amines is 1. The fourth-order valence-corrected chi connectivity index (χ4v) is 5.50. The van der Waals surface area contributed by atoms with Gasteiger partial charge in [0.25, 0.3) is 5.91 Å². The van der Waals surface area contributed by atoms with Gasteiger partial charge in [-0.2, -0.15) is 5.10 Å². The number of carbonyl (C=O) groups excluding carboxylic acids is 1. The third kappa shape index (κ3) is 4.94. The number of halogens is 3. The summed E-state index contributed by atoms with van der Waals surface area (Å²) in [6.45, 7) is 3.61. The molecule has 1 N–H and O–H groups in total. The van der Waals surface area contributed by atoms with Crippen molar-refractivity contribution >= 4 is 5.91 Å². The van der Waals surface area contributed by atoms with Crippen molar-refractivity contribution in [1.82, 2.24) is 34.5 Å². The Morgan fingerprint density at radius 3 is 2.27 bits per heavy atom. The van der Waals surface area contributed by atoms with Crippen molar-refractivity contribution in [3.63, 3.8) is 0 Å². The molecule has 3 aliphatic rings. The van der Waals surface area contributed by atoms with Crippen LogP contribution in [-0.2, 0) is 0 Å². The molecule has 6 rings (SSSR count). The predicted molar refractivity (Wildman–Crippen MR) is 128 cm³/mol. The second kappa shape index (κ2) is 9.47. The highest BCUT2D eigenvalue weighted by molar-refractivity contribution is 5.99. The molecule has 2 aliphatic heterocycles. The topological polar surface area (TPSA) is 92.2 Å². The summed E-state index contributed by atoms with van der Waals surface area (Å²) >= 11 is 0. The fraction of sp³-hybridized carbons (Fsp3) is 0.520. The molecular weight excluding hydrogens is 487 g/mol. The van der Waals surface area contributed by atoms with Gasteiger partial charge >= 0.3 is 6.36 Å². The Labute approximate surface area is 211 Å². The van der Waals surface area contributed by atoms with E-state index < -0.39 is 6.36 Å². The van der Waals surface area contributed by atoms with E-state index in [1.54, 1.807) is 0 Å². The van der Waals surface area contributed by atoms with Crippen LogP contribution >= 0.6 is 0 Å². The molecule has 4 heterocycles. The minimum atomic E-state index is -4.77. The van der Waals surface area contributed by atoms with Gasteiger partial charge < -0.3 is 19.1 Å². The molecule has 37 heavy (non-hydrogen) atoms. The minimum absolute atomic E-state index is 0.0855. The van der Waals surface area contributed by atoms with Gasteiger partial charge in [0, 0.05) is 30.7 Å². The average Bonchev–Trinajstić information content (AvgIpc) is 3.29. The van der Waals surface area contributed by atoms with Crippen molar-refractivity contribution in [2.75, 3.05) is 26.2 Å². The lowest BCUT2D eigenvalue weighted by molar-refractivity contribution is -0.274. The molecule has 2 aromatic heterocycles. The van der Waals surface area contributed by atoms with E-state index in [9.17, 15) is 18.0 Å². The van der Waals surface area contributed by atoms with Gasteiger partial charge in [-0.3, -0.25) is 9.89 Å². The van der Waals surface area contributed by atoms with Gasteiger partial charge in [0.1, 0.15) is 29.3 Å². The molecule has 0 spiro atoms. The van der Waals surface area contributed by atoms with E-state index in [0.717, 1.165) is 38.8 Å². The highest BCUT2D eigenvalue weighted by atomic mass is 19.4. The van der Waals surface area contributed by atoms with Gasteiger partial charge in [0.05, 0.1) is 0 Å². The Morgan fingerprint density at radius 1 is 0.973 bits per heavy atom. The summed E-state index contributed by atoms with van der Waals surface area (Å²) in [6, 6.07) is 6.17. The highest BCUT2D eigenvalue weighted by Crippen LogP contribution is 2.43. The first-order chi connectivity index (χ1) is 17.9. The summed E-state index contributed by atoms with van der Waals surface area (Å²) < 4.78 is 43.8. The summed E-state index contributed by atoms with van der Waals surface area (Å²) in [5.41, 5.74) is 1.41. The molecule has 9 nitrogen and oxygen atoms in total. The summed E-state index contributed by atoms with van der Waals surface area (Å²) in [5, 5.41) is 6.88. The van der Waals surface area contributed by atoms with Crippen molar-refractivity contribution in [1.29, 1.82) is 0 Å². The van der Waals surface area contributed by atoms with Crippen molar-refractivity contribution in [3.05, 3.63) is 36.3 Å². The van der Waals surface area contributed by atoms with Gasteiger partial charge in [-0.05, 0) is 75.9 Å². The molecule has 1 aromatic carbocycles. The van der Waals surface area contributed by atoms with E-state index in [1.165, 1.54) is 43.4 Å². The number of hydrogen-bond donors (Lipinski definition) is 1. The number of aromatic nitrogens is 5. The maximum atomic E-state index is 14.0. The number of nitrogens with zero attached hydrogens (tertiary/aromatic N) is 6. The van der Waals surface area contributed by atoms with Crippen LogP contribution in [0, 0.1) is 0 Å². The monoisotopic (exact) mass is 515 g/mol. The Morgan fingerprint density at radius 2 is 1.68 bits per heavy atom. The predicted octanol–water partition coefficient (Wildman–Crippen LogP) is 4.27. The number of piperidine rings is 1. The number of nitrogens with one attached hydrogen (secondary N) is 1. The largest absolute Gasteiger partial charge is 0.573 e. The first-order valence-electron chi connectivity index (χ1n) is 12.8. The molecule has 1 aliphatic carbocycles. The number of H-pyrrole nitrogens is 1. The Balaban J connectivity index is 1.33. The van der Waals surface area contributed by atoms with E-state index >= 15 is 0 Å². The molecule has 0 atom stereocenters. The number of rotatable bonds is 6. The number of hydrogen-bond acceptors (Lipinski definition) is 6. The van der Waals surface area contributed by atoms with Gasteiger partial charge in [0.2, 0.25) is 5.82 Å². The van der Waals surface area contributed by atoms with Crippen molar-refractivity contribution < 1.29 is 22.7 Å². The van der Waals surface area contributed by atoms with E-state index in [-0.39, 0.29) is 17.7 Å². The van der Waals surface area contributed by atoms with Crippen LogP contribution in [-0.4, -0.2) is 79.0 Å². The Kier molecular flexibility index (Phi) is 6.13. The molecule has 1 amide bonds. The number of amides is 1. The van der Waals surface area contributed by atoms with Gasteiger partial charge in [0.15, 0.2) is 0 Å². The first-order valence-corrected chi connectivity index (χ1v) is 12.8. The van der Waals surface area contributed by atoms with E-state index in [1.807, 2.05) is 9.47 Å². The standard InChI is InChI=1S/C25H28F3N7O2/c26-25(27,28)37-19-7-3-16(4-8-19)23-31-20(22-29-15-30-32-22)21(35(23)18-5-6-18)24(36)34-13-9-17(10-14-34)33-11-1-2-12-33/h3-4,7-8,15,17-18H,1-2,5-6,9-14H2,(H,29,30,32). The lowest BCUT2D eigenvalue weighted by Gasteiger charge is -2.36. The molecular formula is C25H28F3N7O2. The molecule has 0 unspecified atom stereocenters. The first kappa shape index (κ1) is 24.0. The molecule has 12 heteroatoms. The van der Waals surface area contributed by atoms with Crippen LogP contribution in [0.15, 0.2) is 30.6 Å². The molecule has 0 bridgehead atoms. The summed E-state index contributed by atoms with van der Waals surface area (Å²) in [7, 11) is 0. The summed E-state index contributed by atoms with van der Waals surface area (Å²) in [6.07, 6.45) is 2.81. The number of alkyl halides is 3. The highest BCUT2D eigenvalue weighted by Gasteiger charge is 2.38. The van der Waals surface area contributed by atoms with Crippen LogP contribution in [0.3, 0.4) is 0 Å². The maximum Gasteiger partial charge on any atom is 0.573 e. The smallest absolute Gasteiger partial charge is 0.406 e. The Bertz CT molecular complexity index is 1240. The zero-order valence-electron chi connectivity index (χ0n) is 20.2. The number of ether oxygens (including phenoxy) is 1. The lowest BCUT2D eigenvalue weighted by atomic mass is 10.0. The van der Waals surface area contributed by atoms with Crippen molar-refractivity contribution in [2.24, 2.45) is 0 Å².